The normalized spacial score (nSPS) is 12.8. The maximum absolute atomic E-state index is 13.2. The molecule has 436 valence electrons. The minimum absolute atomic E-state index is 0.0910. The van der Waals surface area contributed by atoms with Crippen LogP contribution in [0.5, 0.6) is 0 Å². The van der Waals surface area contributed by atoms with Crippen molar-refractivity contribution in [3.8, 4) is 0 Å². The molecule has 0 unspecified atom stereocenters. The van der Waals surface area contributed by atoms with Gasteiger partial charge in [-0.2, -0.15) is 0 Å². The van der Waals surface area contributed by atoms with Crippen LogP contribution in [0.4, 0.5) is 4.79 Å². The van der Waals surface area contributed by atoms with Crippen molar-refractivity contribution in [3.63, 3.8) is 0 Å². The number of allylic oxidation sites excluding steroid dienone is 6. The third kappa shape index (κ3) is 43.4. The second kappa shape index (κ2) is 49.8. The fourth-order valence-electron chi connectivity index (χ4n) is 8.16. The van der Waals surface area contributed by atoms with Crippen LogP contribution in [0, 0.1) is 5.41 Å². The van der Waals surface area contributed by atoms with Gasteiger partial charge >= 0.3 is 41.9 Å². The van der Waals surface area contributed by atoms with Crippen molar-refractivity contribution in [2.45, 2.75) is 226 Å². The third-order valence-corrected chi connectivity index (χ3v) is 12.9. The number of likely N-dealkylation sites (tertiary alicyclic amines) is 1. The highest BCUT2D eigenvalue weighted by Crippen LogP contribution is 2.23. The molecule has 1 amide bonds. The van der Waals surface area contributed by atoms with Crippen LogP contribution in [0.15, 0.2) is 36.5 Å². The molecular formula is C60H102N2O14. The van der Waals surface area contributed by atoms with E-state index in [0.717, 1.165) is 122 Å². The summed E-state index contributed by atoms with van der Waals surface area (Å²) in [6, 6.07) is 0. The predicted octanol–water partition coefficient (Wildman–Crippen LogP) is 12.5. The van der Waals surface area contributed by atoms with Gasteiger partial charge in [0.25, 0.3) is 0 Å². The molecule has 1 N–H and O–H groups in total. The maximum atomic E-state index is 13.2. The predicted molar refractivity (Wildman–Crippen MR) is 296 cm³/mol. The van der Waals surface area contributed by atoms with E-state index in [1.807, 2.05) is 0 Å². The molecule has 16 heteroatoms. The van der Waals surface area contributed by atoms with Gasteiger partial charge in [-0.05, 0) is 142 Å². The summed E-state index contributed by atoms with van der Waals surface area (Å²) in [5.74, 6) is -2.21. The average molecular weight is 1080 g/mol. The number of ether oxygens (including phenoxy) is 7. The van der Waals surface area contributed by atoms with Crippen molar-refractivity contribution < 1.29 is 66.7 Å². The van der Waals surface area contributed by atoms with E-state index in [9.17, 15) is 33.6 Å². The van der Waals surface area contributed by atoms with E-state index in [4.69, 9.17) is 33.2 Å². The summed E-state index contributed by atoms with van der Waals surface area (Å²) in [7, 11) is 0. The van der Waals surface area contributed by atoms with Crippen LogP contribution in [0.25, 0.3) is 0 Å². The Bertz CT molecular complexity index is 1470. The number of nitrogens with zero attached hydrogens (tertiary/aromatic N) is 1. The Kier molecular flexibility index (Phi) is 45.4. The van der Waals surface area contributed by atoms with Crippen LogP contribution in [-0.4, -0.2) is 119 Å². The molecule has 0 bridgehead atoms. The van der Waals surface area contributed by atoms with Crippen molar-refractivity contribution >= 4 is 41.9 Å². The number of alkyl carbamates (subject to hydrolysis) is 1. The van der Waals surface area contributed by atoms with Gasteiger partial charge in [-0.15, -0.1) is 0 Å². The van der Waals surface area contributed by atoms with Crippen LogP contribution in [0.3, 0.4) is 0 Å². The highest BCUT2D eigenvalue weighted by molar-refractivity contribution is 5.71. The van der Waals surface area contributed by atoms with Crippen LogP contribution in [-0.2, 0) is 61.9 Å². The van der Waals surface area contributed by atoms with Gasteiger partial charge < -0.3 is 43.4 Å². The zero-order valence-corrected chi connectivity index (χ0v) is 47.5. The first-order valence-electron chi connectivity index (χ1n) is 29.5. The summed E-state index contributed by atoms with van der Waals surface area (Å²) >= 11 is 0. The Hall–Kier alpha value is -4.73. The van der Waals surface area contributed by atoms with E-state index >= 15 is 0 Å². The summed E-state index contributed by atoms with van der Waals surface area (Å²) in [6.07, 6.45) is 34.7. The first-order valence-corrected chi connectivity index (χ1v) is 29.5. The molecule has 1 saturated heterocycles. The molecule has 0 radical (unpaired) electrons. The van der Waals surface area contributed by atoms with E-state index in [-0.39, 0.29) is 63.6 Å². The van der Waals surface area contributed by atoms with Gasteiger partial charge in [0.05, 0.1) is 19.8 Å². The molecular weight excluding hydrogens is 973 g/mol. The highest BCUT2D eigenvalue weighted by atomic mass is 16.6. The molecule has 0 aromatic rings. The first-order chi connectivity index (χ1) is 37.0. The molecule has 0 aromatic heterocycles. The lowest BCUT2D eigenvalue weighted by Gasteiger charge is -2.31. The SMILES string of the molecule is CC/C=C\CCCCOC(=O)CCCCCCC(=O)OCC(COC(=O)CCCCCCC(=O)OCCCC/C=C\CC)(COC(=O)CCCCCCC(=O)OCCCC/C=C\CC)COC(=O)NCCN1CCCC1. The summed E-state index contributed by atoms with van der Waals surface area (Å²) in [4.78, 5) is 91.5. The molecule has 1 fully saturated rings. The molecule has 1 rings (SSSR count). The number of nitrogens with one attached hydrogen (secondary N) is 1. The van der Waals surface area contributed by atoms with Crippen LogP contribution < -0.4 is 5.32 Å². The number of hydrogen-bond acceptors (Lipinski definition) is 15. The molecule has 16 nitrogen and oxygen atoms in total. The molecule has 0 atom stereocenters. The van der Waals surface area contributed by atoms with E-state index in [0.29, 0.717) is 110 Å². The Labute approximate surface area is 457 Å². The lowest BCUT2D eigenvalue weighted by atomic mass is 9.92. The van der Waals surface area contributed by atoms with Crippen molar-refractivity contribution in [2.24, 2.45) is 5.41 Å². The summed E-state index contributed by atoms with van der Waals surface area (Å²) in [5.41, 5.74) is -1.42. The van der Waals surface area contributed by atoms with Crippen LogP contribution >= 0.6 is 0 Å². The third-order valence-electron chi connectivity index (χ3n) is 12.9. The number of unbranched alkanes of at least 4 members (excludes halogenated alkanes) is 15. The van der Waals surface area contributed by atoms with Gasteiger partial charge in [-0.1, -0.05) is 95.8 Å². The van der Waals surface area contributed by atoms with Gasteiger partial charge in [0, 0.05) is 51.6 Å². The highest BCUT2D eigenvalue weighted by Gasteiger charge is 2.38. The monoisotopic (exact) mass is 1070 g/mol. The second-order valence-corrected chi connectivity index (χ2v) is 20.1. The fraction of sp³-hybridized carbons (Fsp3) is 0.783. The Morgan fingerprint density at radius 1 is 0.382 bits per heavy atom. The van der Waals surface area contributed by atoms with E-state index in [1.165, 1.54) is 0 Å². The lowest BCUT2D eigenvalue weighted by Crippen LogP contribution is -2.45. The van der Waals surface area contributed by atoms with Crippen LogP contribution in [0.2, 0.25) is 0 Å². The second-order valence-electron chi connectivity index (χ2n) is 20.1. The molecule has 76 heavy (non-hydrogen) atoms. The standard InChI is InChI=1S/C60H102N2O14/c1-4-7-10-13-22-33-46-70-53(63)36-25-16-19-28-39-56(66)73-49-60(52-76-59(69)61-42-45-62-43-31-32-44-62,50-74-57(67)40-29-20-17-26-37-54(64)71-47-34-23-14-11-8-5-2)51-75-58(68)41-30-21-18-27-38-55(65)72-48-35-24-15-12-9-6-3/h7-12H,4-6,13-52H2,1-3H3,(H,61,69)/b10-7-,11-8-,12-9-. The number of rotatable bonds is 50. The van der Waals surface area contributed by atoms with Crippen molar-refractivity contribution in [1.29, 1.82) is 0 Å². The Morgan fingerprint density at radius 2 is 0.684 bits per heavy atom. The van der Waals surface area contributed by atoms with Gasteiger partial charge in [-0.25, -0.2) is 4.79 Å². The molecule has 1 heterocycles. The van der Waals surface area contributed by atoms with Crippen molar-refractivity contribution in [3.05, 3.63) is 36.5 Å². The number of amides is 1. The van der Waals surface area contributed by atoms with Gasteiger partial charge in [0.2, 0.25) is 0 Å². The largest absolute Gasteiger partial charge is 0.466 e. The first kappa shape index (κ1) is 69.3. The van der Waals surface area contributed by atoms with E-state index in [1.54, 1.807) is 0 Å². The number of esters is 6. The van der Waals surface area contributed by atoms with Gasteiger partial charge in [0.15, 0.2) is 0 Å². The summed E-state index contributed by atoms with van der Waals surface area (Å²) < 4.78 is 39.1. The Balaban J connectivity index is 2.84. The molecule has 0 aromatic carbocycles. The zero-order chi connectivity index (χ0) is 55.4. The number of carbonyl (C=O) groups is 7. The number of hydrogen-bond donors (Lipinski definition) is 1. The molecule has 0 aliphatic carbocycles. The van der Waals surface area contributed by atoms with Crippen LogP contribution in [0.1, 0.15) is 226 Å². The average Bonchev–Trinajstić information content (AvgIpc) is 3.94. The summed E-state index contributed by atoms with van der Waals surface area (Å²) in [6.45, 7) is 9.04. The van der Waals surface area contributed by atoms with Crippen molar-refractivity contribution in [2.75, 3.05) is 72.4 Å². The molecule has 0 spiro atoms. The maximum Gasteiger partial charge on any atom is 0.407 e. The van der Waals surface area contributed by atoms with Gasteiger partial charge in [-0.3, -0.25) is 28.8 Å². The quantitative estimate of drug-likeness (QED) is 0.0261. The minimum atomic E-state index is -1.42. The number of carbonyl (C=O) groups excluding carboxylic acids is 7. The Morgan fingerprint density at radius 3 is 1.00 bits per heavy atom. The zero-order valence-electron chi connectivity index (χ0n) is 47.5. The smallest absolute Gasteiger partial charge is 0.407 e. The topological polar surface area (TPSA) is 199 Å². The molecule has 1 aliphatic heterocycles. The van der Waals surface area contributed by atoms with E-state index in [2.05, 4.69) is 67.4 Å². The van der Waals surface area contributed by atoms with Crippen molar-refractivity contribution in [1.82, 2.24) is 10.2 Å². The fourth-order valence-corrected chi connectivity index (χ4v) is 8.16. The minimum Gasteiger partial charge on any atom is -0.466 e. The summed E-state index contributed by atoms with van der Waals surface area (Å²) in [5, 5.41) is 2.77. The molecule has 0 saturated carbocycles. The lowest BCUT2D eigenvalue weighted by molar-refractivity contribution is -0.165. The molecule has 1 aliphatic rings. The van der Waals surface area contributed by atoms with E-state index < -0.39 is 29.4 Å². The van der Waals surface area contributed by atoms with Gasteiger partial charge in [0.1, 0.15) is 31.8 Å².